The van der Waals surface area contributed by atoms with Crippen LogP contribution in [0.4, 0.5) is 0 Å². The number of phenols is 1. The molecule has 0 bridgehead atoms. The molecule has 4 nitrogen and oxygen atoms in total. The summed E-state index contributed by atoms with van der Waals surface area (Å²) in [5, 5.41) is 12.4. The van der Waals surface area contributed by atoms with Crippen LogP contribution in [0, 0.1) is 13.0 Å². The average molecular weight is 968 g/mol. The molecule has 0 aliphatic rings. The molecule has 60 heavy (non-hydrogen) atoms. The van der Waals surface area contributed by atoms with Crippen molar-refractivity contribution in [2.45, 2.75) is 85.5 Å². The number of benzene rings is 6. The van der Waals surface area contributed by atoms with Gasteiger partial charge in [-0.2, -0.15) is 0 Å². The first-order valence-electron chi connectivity index (χ1n) is 20.6. The molecule has 0 atom stereocenters. The zero-order valence-corrected chi connectivity index (χ0v) is 38.7. The molecule has 0 aliphatic carbocycles. The second-order valence-electron chi connectivity index (χ2n) is 19.0. The van der Waals surface area contributed by atoms with Gasteiger partial charge in [0.25, 0.3) is 0 Å². The number of nitrogens with zero attached hydrogens (tertiary/aromatic N) is 3. The molecule has 0 amide bonds. The van der Waals surface area contributed by atoms with Crippen molar-refractivity contribution in [1.82, 2.24) is 14.5 Å². The molecule has 306 valence electrons. The fraction of sp³-hybridized carbons (Fsp3) is 0.236. The molecule has 5 heteroatoms. The normalized spacial score (nSPS) is 12.1. The fourth-order valence-corrected chi connectivity index (χ4v) is 7.92. The number of aromatic nitrogens is 3. The van der Waals surface area contributed by atoms with Crippen LogP contribution in [0.25, 0.3) is 72.7 Å². The maximum atomic E-state index is 12.4. The van der Waals surface area contributed by atoms with Gasteiger partial charge in [0, 0.05) is 44.1 Å². The number of aryl methyl sites for hydroxylation is 1. The minimum atomic E-state index is -0.314. The van der Waals surface area contributed by atoms with Gasteiger partial charge in [0.2, 0.25) is 0 Å². The maximum Gasteiger partial charge on any atom is 0.148 e. The molecule has 2 heterocycles. The summed E-state index contributed by atoms with van der Waals surface area (Å²) in [4.78, 5) is 10.5. The van der Waals surface area contributed by atoms with Gasteiger partial charge < -0.3 is 5.11 Å². The second kappa shape index (κ2) is 16.1. The number of rotatable bonds is 6. The Morgan fingerprint density at radius 3 is 1.83 bits per heavy atom. The van der Waals surface area contributed by atoms with E-state index in [1.807, 2.05) is 12.3 Å². The Morgan fingerprint density at radius 2 is 1.18 bits per heavy atom. The van der Waals surface area contributed by atoms with E-state index in [0.29, 0.717) is 11.4 Å². The van der Waals surface area contributed by atoms with E-state index in [1.54, 1.807) is 0 Å². The first kappa shape index (κ1) is 42.5. The smallest absolute Gasteiger partial charge is 0.148 e. The molecular formula is C55H54N3OPt-. The first-order valence-corrected chi connectivity index (χ1v) is 20.6. The van der Waals surface area contributed by atoms with Crippen molar-refractivity contribution in [3.63, 3.8) is 0 Å². The number of hydrogen-bond acceptors (Lipinski definition) is 3. The predicted molar refractivity (Wildman–Crippen MR) is 247 cm³/mol. The molecule has 0 spiro atoms. The maximum absolute atomic E-state index is 12.4. The minimum absolute atomic E-state index is 0. The number of phenolic OH excluding ortho intramolecular Hbond substituents is 1. The van der Waals surface area contributed by atoms with Gasteiger partial charge in [-0.15, -0.1) is 29.3 Å². The van der Waals surface area contributed by atoms with Crippen LogP contribution in [0.3, 0.4) is 0 Å². The van der Waals surface area contributed by atoms with Crippen LogP contribution in [-0.2, 0) is 37.3 Å². The molecule has 8 rings (SSSR count). The van der Waals surface area contributed by atoms with Crippen LogP contribution < -0.4 is 0 Å². The van der Waals surface area contributed by atoms with Crippen LogP contribution in [0.5, 0.6) is 5.75 Å². The Kier molecular flexibility index (Phi) is 11.4. The Morgan fingerprint density at radius 1 is 0.550 bits per heavy atom. The quantitative estimate of drug-likeness (QED) is 0.169. The third-order valence-electron chi connectivity index (χ3n) is 11.4. The van der Waals surface area contributed by atoms with E-state index in [-0.39, 0.29) is 43.1 Å². The summed E-state index contributed by atoms with van der Waals surface area (Å²) in [5.41, 5.74) is 15.4. The molecule has 0 unspecified atom stereocenters. The Hall–Kier alpha value is -5.57. The summed E-state index contributed by atoms with van der Waals surface area (Å²) in [6.07, 6.45) is 1.89. The van der Waals surface area contributed by atoms with Gasteiger partial charge in [-0.25, -0.2) is 4.98 Å². The van der Waals surface area contributed by atoms with Crippen LogP contribution >= 0.6 is 0 Å². The molecule has 0 saturated heterocycles. The Labute approximate surface area is 370 Å². The van der Waals surface area contributed by atoms with Crippen LogP contribution in [-0.4, -0.2) is 19.6 Å². The zero-order valence-electron chi connectivity index (χ0n) is 36.4. The number of pyridine rings is 1. The molecule has 8 aromatic rings. The van der Waals surface area contributed by atoms with Crippen molar-refractivity contribution < 1.29 is 26.2 Å². The number of hydrogen-bond donors (Lipinski definition) is 1. The molecule has 0 aliphatic heterocycles. The van der Waals surface area contributed by atoms with Crippen molar-refractivity contribution in [3.05, 3.63) is 168 Å². The van der Waals surface area contributed by atoms with Crippen molar-refractivity contribution in [1.29, 1.82) is 0 Å². The topological polar surface area (TPSA) is 50.9 Å². The molecular weight excluding hydrogens is 914 g/mol. The Balaban J connectivity index is 0.00000544. The summed E-state index contributed by atoms with van der Waals surface area (Å²) in [6.45, 7) is 22.0. The minimum Gasteiger partial charge on any atom is -0.507 e. The fourth-order valence-electron chi connectivity index (χ4n) is 7.92. The number of aromatic hydroxyl groups is 1. The number of fused-ring (bicyclic) bond motifs is 1. The average Bonchev–Trinajstić information content (AvgIpc) is 3.59. The van der Waals surface area contributed by atoms with E-state index in [1.165, 1.54) is 5.56 Å². The number of para-hydroxylation sites is 1. The second-order valence-corrected chi connectivity index (χ2v) is 19.0. The molecule has 0 saturated carbocycles. The molecule has 0 radical (unpaired) electrons. The summed E-state index contributed by atoms with van der Waals surface area (Å²) in [6, 6.07) is 50.9. The third kappa shape index (κ3) is 8.28. The summed E-state index contributed by atoms with van der Waals surface area (Å²) < 4.78 is 2.26. The first-order chi connectivity index (χ1) is 28.0. The van der Waals surface area contributed by atoms with E-state index in [0.717, 1.165) is 78.0 Å². The van der Waals surface area contributed by atoms with E-state index >= 15 is 0 Å². The monoisotopic (exact) mass is 967 g/mol. The van der Waals surface area contributed by atoms with Crippen molar-refractivity contribution in [2.24, 2.45) is 0 Å². The van der Waals surface area contributed by atoms with Gasteiger partial charge in [0.05, 0.1) is 22.3 Å². The van der Waals surface area contributed by atoms with Crippen molar-refractivity contribution in [3.8, 4) is 67.5 Å². The van der Waals surface area contributed by atoms with E-state index < -0.39 is 0 Å². The largest absolute Gasteiger partial charge is 0.507 e. The third-order valence-corrected chi connectivity index (χ3v) is 11.4. The zero-order chi connectivity index (χ0) is 41.9. The van der Waals surface area contributed by atoms with Crippen LogP contribution in [0.1, 0.15) is 84.6 Å². The predicted octanol–water partition coefficient (Wildman–Crippen LogP) is 14.5. The summed E-state index contributed by atoms with van der Waals surface area (Å²) in [7, 11) is 0. The number of imidazole rings is 1. The summed E-state index contributed by atoms with van der Waals surface area (Å²) in [5.74, 6) is 0.942. The van der Waals surface area contributed by atoms with Gasteiger partial charge >= 0.3 is 0 Å². The van der Waals surface area contributed by atoms with Crippen molar-refractivity contribution in [2.75, 3.05) is 0 Å². The molecule has 0 fully saturated rings. The van der Waals surface area contributed by atoms with Crippen molar-refractivity contribution >= 4 is 11.0 Å². The van der Waals surface area contributed by atoms with E-state index in [9.17, 15) is 5.11 Å². The Bertz CT molecular complexity index is 2830. The van der Waals surface area contributed by atoms with Gasteiger partial charge in [-0.1, -0.05) is 170 Å². The van der Waals surface area contributed by atoms with Gasteiger partial charge in [0.1, 0.15) is 11.6 Å². The summed E-state index contributed by atoms with van der Waals surface area (Å²) >= 11 is 0. The molecule has 2 aromatic heterocycles. The standard InChI is InChI=1S/C55H54N3O.Pt/c1-35-24-25-48(44(28-35)37-20-15-12-16-21-37)58-49-23-17-22-43(50(49)57-52(58)45-33-42(54(5,6)7)34-46(51(45)59)55(8,9)10)39-29-40(31-41(30-39)53(2,3)4)47-32-38(26-27-56-47)36-18-13-11-14-19-36;/h11-28,30-34,59H,1-10H3;/q-1;. The van der Waals surface area contributed by atoms with Gasteiger partial charge in [-0.05, 0) is 75.8 Å². The van der Waals surface area contributed by atoms with E-state index in [2.05, 4.69) is 207 Å². The molecule has 1 N–H and O–H groups in total. The van der Waals surface area contributed by atoms with Crippen LogP contribution in [0.2, 0.25) is 0 Å². The van der Waals surface area contributed by atoms with E-state index in [4.69, 9.17) is 9.97 Å². The van der Waals surface area contributed by atoms with Gasteiger partial charge in [-0.3, -0.25) is 9.55 Å². The SMILES string of the molecule is Cc1ccc(-n2c(-c3cc(C(C)(C)C)cc(C(C)(C)C)c3O)nc3c(-c4[c-]c(-c5cc(-c6ccccc6)ccn5)cc(C(C)(C)C)c4)cccc32)c(-c2ccccc2)c1.[Pt]. The van der Waals surface area contributed by atoms with Crippen LogP contribution in [0.15, 0.2) is 140 Å². The van der Waals surface area contributed by atoms with Gasteiger partial charge in [0.15, 0.2) is 0 Å². The molecule has 6 aromatic carbocycles.